The van der Waals surface area contributed by atoms with Crippen LogP contribution in [-0.4, -0.2) is 29.7 Å². The molecule has 1 heterocycles. The average molecular weight is 305 g/mol. The van der Waals surface area contributed by atoms with E-state index in [9.17, 15) is 10.1 Å². The van der Waals surface area contributed by atoms with Gasteiger partial charge in [-0.1, -0.05) is 6.92 Å². The van der Waals surface area contributed by atoms with Crippen molar-refractivity contribution in [1.82, 2.24) is 4.98 Å². The summed E-state index contributed by atoms with van der Waals surface area (Å²) in [5.41, 5.74) is -0.158. The Morgan fingerprint density at radius 1 is 1.47 bits per heavy atom. The molecule has 0 bridgehead atoms. The van der Waals surface area contributed by atoms with Crippen LogP contribution in [0.2, 0.25) is 0 Å². The molecule has 0 spiro atoms. The van der Waals surface area contributed by atoms with Crippen molar-refractivity contribution in [3.63, 3.8) is 0 Å². The quantitative estimate of drug-likeness (QED) is 0.439. The molecule has 0 unspecified atom stereocenters. The first-order chi connectivity index (χ1) is 8.15. The Hall–Kier alpha value is -1.21. The lowest BCUT2D eigenvalue weighted by molar-refractivity contribution is -0.386. The topological polar surface area (TPSA) is 74.5 Å². The van der Waals surface area contributed by atoms with Gasteiger partial charge in [0.1, 0.15) is 6.61 Å². The zero-order chi connectivity index (χ0) is 12.7. The van der Waals surface area contributed by atoms with Gasteiger partial charge in [-0.2, -0.15) is 0 Å². The zero-order valence-corrected chi connectivity index (χ0v) is 11.0. The fourth-order valence-electron chi connectivity index (χ4n) is 1.10. The molecule has 0 aromatic carbocycles. The van der Waals surface area contributed by atoms with Gasteiger partial charge in [0.25, 0.3) is 5.88 Å². The van der Waals surface area contributed by atoms with E-state index in [2.05, 4.69) is 20.9 Å². The van der Waals surface area contributed by atoms with Crippen LogP contribution in [-0.2, 0) is 4.74 Å². The molecule has 0 atom stereocenters. The Morgan fingerprint density at radius 3 is 2.88 bits per heavy atom. The van der Waals surface area contributed by atoms with Crippen LogP contribution in [0.5, 0.6) is 5.88 Å². The fraction of sp³-hybridized carbons (Fsp3) is 0.500. The van der Waals surface area contributed by atoms with Crippen LogP contribution in [0.15, 0.2) is 16.7 Å². The van der Waals surface area contributed by atoms with Gasteiger partial charge in [-0.3, -0.25) is 10.1 Å². The molecule has 0 amide bonds. The third-order valence-corrected chi connectivity index (χ3v) is 2.24. The molecule has 0 aliphatic rings. The van der Waals surface area contributed by atoms with Crippen molar-refractivity contribution in [2.24, 2.45) is 0 Å². The number of rotatable bonds is 7. The lowest BCUT2D eigenvalue weighted by Gasteiger charge is -2.06. The molecule has 0 radical (unpaired) electrons. The number of nitrogens with zero attached hydrogens (tertiary/aromatic N) is 2. The lowest BCUT2D eigenvalue weighted by Crippen LogP contribution is -2.09. The molecule has 0 N–H and O–H groups in total. The standard InChI is InChI=1S/C10H13BrN2O4/c1-2-3-16-4-5-17-10-9(13(14)15)6-8(11)7-12-10/h6-7H,2-5H2,1H3. The lowest BCUT2D eigenvalue weighted by atomic mass is 10.4. The number of aromatic nitrogens is 1. The first-order valence-corrected chi connectivity index (χ1v) is 5.95. The monoisotopic (exact) mass is 304 g/mol. The van der Waals surface area contributed by atoms with Crippen molar-refractivity contribution < 1.29 is 14.4 Å². The second kappa shape index (κ2) is 7.18. The largest absolute Gasteiger partial charge is 0.470 e. The van der Waals surface area contributed by atoms with E-state index >= 15 is 0 Å². The maximum atomic E-state index is 10.7. The van der Waals surface area contributed by atoms with Gasteiger partial charge >= 0.3 is 5.69 Å². The highest BCUT2D eigenvalue weighted by molar-refractivity contribution is 9.10. The van der Waals surface area contributed by atoms with Crippen molar-refractivity contribution in [1.29, 1.82) is 0 Å². The Kier molecular flexibility index (Phi) is 5.85. The highest BCUT2D eigenvalue weighted by atomic mass is 79.9. The van der Waals surface area contributed by atoms with Gasteiger partial charge in [-0.15, -0.1) is 0 Å². The third kappa shape index (κ3) is 4.66. The molecule has 1 aromatic rings. The summed E-state index contributed by atoms with van der Waals surface area (Å²) in [4.78, 5) is 14.1. The highest BCUT2D eigenvalue weighted by Crippen LogP contribution is 2.27. The Labute approximate surface area is 107 Å². The second-order valence-corrected chi connectivity index (χ2v) is 4.11. The predicted octanol–water partition coefficient (Wildman–Crippen LogP) is 2.56. The minimum Gasteiger partial charge on any atom is -0.470 e. The normalized spacial score (nSPS) is 10.2. The number of nitro groups is 1. The van der Waals surface area contributed by atoms with Gasteiger partial charge in [0.05, 0.1) is 11.5 Å². The van der Waals surface area contributed by atoms with Gasteiger partial charge in [-0.25, -0.2) is 4.98 Å². The van der Waals surface area contributed by atoms with Gasteiger partial charge < -0.3 is 9.47 Å². The number of halogens is 1. The molecule has 94 valence electrons. The summed E-state index contributed by atoms with van der Waals surface area (Å²) in [6.07, 6.45) is 2.38. The summed E-state index contributed by atoms with van der Waals surface area (Å²) in [6, 6.07) is 1.36. The smallest absolute Gasteiger partial charge is 0.332 e. The molecule has 6 nitrogen and oxygen atoms in total. The third-order valence-electron chi connectivity index (χ3n) is 1.81. The number of hydrogen-bond donors (Lipinski definition) is 0. The maximum absolute atomic E-state index is 10.7. The average Bonchev–Trinajstić information content (AvgIpc) is 2.30. The predicted molar refractivity (Wildman–Crippen MR) is 65.2 cm³/mol. The maximum Gasteiger partial charge on any atom is 0.332 e. The molecule has 1 rings (SSSR count). The van der Waals surface area contributed by atoms with Crippen LogP contribution in [0.1, 0.15) is 13.3 Å². The molecule has 0 saturated carbocycles. The van der Waals surface area contributed by atoms with Crippen LogP contribution in [0.4, 0.5) is 5.69 Å². The van der Waals surface area contributed by atoms with Gasteiger partial charge in [0, 0.05) is 23.3 Å². The van der Waals surface area contributed by atoms with Gasteiger partial charge in [0.15, 0.2) is 0 Å². The van der Waals surface area contributed by atoms with E-state index in [1.54, 1.807) is 0 Å². The van der Waals surface area contributed by atoms with Gasteiger partial charge in [0.2, 0.25) is 0 Å². The number of hydrogen-bond acceptors (Lipinski definition) is 5. The summed E-state index contributed by atoms with van der Waals surface area (Å²) in [5, 5.41) is 10.7. The summed E-state index contributed by atoms with van der Waals surface area (Å²) in [5.74, 6) is 0.0123. The molecule has 7 heteroatoms. The Balaban J connectivity index is 2.55. The first-order valence-electron chi connectivity index (χ1n) is 5.15. The Morgan fingerprint density at radius 2 is 2.24 bits per heavy atom. The summed E-state index contributed by atoms with van der Waals surface area (Å²) >= 11 is 3.12. The molecule has 1 aromatic heterocycles. The highest BCUT2D eigenvalue weighted by Gasteiger charge is 2.17. The SMILES string of the molecule is CCCOCCOc1ncc(Br)cc1[N+](=O)[O-]. The van der Waals surface area contributed by atoms with Crippen LogP contribution in [0.25, 0.3) is 0 Å². The number of ether oxygens (including phenoxy) is 2. The van der Waals surface area contributed by atoms with Crippen LogP contribution < -0.4 is 4.74 Å². The molecular formula is C10H13BrN2O4. The van der Waals surface area contributed by atoms with Crippen molar-refractivity contribution in [2.75, 3.05) is 19.8 Å². The van der Waals surface area contributed by atoms with Crippen LogP contribution in [0, 0.1) is 10.1 Å². The van der Waals surface area contributed by atoms with Crippen molar-refractivity contribution >= 4 is 21.6 Å². The van der Waals surface area contributed by atoms with Crippen molar-refractivity contribution in [3.05, 3.63) is 26.9 Å². The van der Waals surface area contributed by atoms with E-state index in [1.165, 1.54) is 12.3 Å². The van der Waals surface area contributed by atoms with E-state index in [0.29, 0.717) is 17.7 Å². The van der Waals surface area contributed by atoms with Crippen molar-refractivity contribution in [3.8, 4) is 5.88 Å². The first kappa shape index (κ1) is 13.9. The molecule has 0 fully saturated rings. The zero-order valence-electron chi connectivity index (χ0n) is 9.39. The molecule has 0 aliphatic heterocycles. The minimum absolute atomic E-state index is 0.0123. The van der Waals surface area contributed by atoms with Crippen LogP contribution in [0.3, 0.4) is 0 Å². The molecule has 0 saturated heterocycles. The van der Waals surface area contributed by atoms with E-state index in [0.717, 1.165) is 6.42 Å². The molecular weight excluding hydrogens is 292 g/mol. The Bertz CT molecular complexity index is 387. The molecule has 17 heavy (non-hydrogen) atoms. The summed E-state index contributed by atoms with van der Waals surface area (Å²) in [7, 11) is 0. The van der Waals surface area contributed by atoms with Crippen LogP contribution >= 0.6 is 15.9 Å². The summed E-state index contributed by atoms with van der Waals surface area (Å²) < 4.78 is 10.9. The minimum atomic E-state index is -0.528. The van der Waals surface area contributed by atoms with E-state index in [4.69, 9.17) is 9.47 Å². The van der Waals surface area contributed by atoms with Crippen molar-refractivity contribution in [2.45, 2.75) is 13.3 Å². The van der Waals surface area contributed by atoms with Gasteiger partial charge in [-0.05, 0) is 22.4 Å². The van der Waals surface area contributed by atoms with E-state index in [1.807, 2.05) is 6.92 Å². The number of pyridine rings is 1. The molecule has 0 aliphatic carbocycles. The summed E-state index contributed by atoms with van der Waals surface area (Å²) in [6.45, 7) is 3.29. The van der Waals surface area contributed by atoms with E-state index < -0.39 is 4.92 Å². The van der Waals surface area contributed by atoms with E-state index in [-0.39, 0.29) is 18.2 Å². The fourth-order valence-corrected chi connectivity index (χ4v) is 1.42. The second-order valence-electron chi connectivity index (χ2n) is 3.20.